The summed E-state index contributed by atoms with van der Waals surface area (Å²) in [6, 6.07) is 5.42. The number of hydrogen-bond donors (Lipinski definition) is 1. The SMILES string of the molecule is COc1ccc(Cl)c(Nc2nc(Br)cs2)c1. The Kier molecular flexibility index (Phi) is 3.68. The lowest BCUT2D eigenvalue weighted by molar-refractivity contribution is 0.415. The van der Waals surface area contributed by atoms with Crippen molar-refractivity contribution in [3.05, 3.63) is 33.2 Å². The Balaban J connectivity index is 2.26. The molecule has 0 aliphatic heterocycles. The second-order valence-corrected chi connectivity index (χ2v) is 5.02. The summed E-state index contributed by atoms with van der Waals surface area (Å²) in [6.07, 6.45) is 0. The molecular weight excluding hydrogens is 312 g/mol. The highest BCUT2D eigenvalue weighted by Gasteiger charge is 2.05. The molecule has 2 aromatic rings. The van der Waals surface area contributed by atoms with Gasteiger partial charge in [0, 0.05) is 11.4 Å². The fraction of sp³-hybridized carbons (Fsp3) is 0.100. The lowest BCUT2D eigenvalue weighted by atomic mass is 10.3. The van der Waals surface area contributed by atoms with E-state index in [4.69, 9.17) is 16.3 Å². The summed E-state index contributed by atoms with van der Waals surface area (Å²) >= 11 is 10.8. The van der Waals surface area contributed by atoms with Gasteiger partial charge in [-0.25, -0.2) is 4.98 Å². The van der Waals surface area contributed by atoms with Crippen LogP contribution in [0.4, 0.5) is 10.8 Å². The zero-order valence-corrected chi connectivity index (χ0v) is 11.5. The van der Waals surface area contributed by atoms with Gasteiger partial charge in [0.15, 0.2) is 5.13 Å². The van der Waals surface area contributed by atoms with E-state index in [1.165, 1.54) is 11.3 Å². The minimum atomic E-state index is 0.632. The van der Waals surface area contributed by atoms with Crippen molar-refractivity contribution in [3.63, 3.8) is 0 Å². The molecule has 0 unspecified atom stereocenters. The maximum atomic E-state index is 6.06. The van der Waals surface area contributed by atoms with Gasteiger partial charge in [0.1, 0.15) is 10.4 Å². The molecule has 3 nitrogen and oxygen atoms in total. The lowest BCUT2D eigenvalue weighted by Crippen LogP contribution is -1.91. The molecular formula is C10H8BrClN2OS. The molecule has 0 bridgehead atoms. The second kappa shape index (κ2) is 5.03. The third-order valence-corrected chi connectivity index (χ3v) is 3.69. The Hall–Kier alpha value is -0.780. The molecule has 0 saturated carbocycles. The van der Waals surface area contributed by atoms with Crippen LogP contribution in [0.5, 0.6) is 5.75 Å². The van der Waals surface area contributed by atoms with Crippen LogP contribution in [0.3, 0.4) is 0 Å². The molecule has 84 valence electrons. The summed E-state index contributed by atoms with van der Waals surface area (Å²) in [5, 5.41) is 6.44. The van der Waals surface area contributed by atoms with E-state index in [-0.39, 0.29) is 0 Å². The van der Waals surface area contributed by atoms with E-state index < -0.39 is 0 Å². The first-order chi connectivity index (χ1) is 7.69. The Labute approximate surface area is 111 Å². The average molecular weight is 320 g/mol. The molecule has 1 aromatic carbocycles. The first-order valence-corrected chi connectivity index (χ1v) is 6.45. The third kappa shape index (κ3) is 2.66. The molecule has 0 aliphatic rings. The predicted molar refractivity (Wildman–Crippen MR) is 71.1 cm³/mol. The van der Waals surface area contributed by atoms with Crippen molar-refractivity contribution in [2.24, 2.45) is 0 Å². The van der Waals surface area contributed by atoms with Gasteiger partial charge in [-0.05, 0) is 28.1 Å². The first-order valence-electron chi connectivity index (χ1n) is 4.40. The number of ether oxygens (including phenoxy) is 1. The van der Waals surface area contributed by atoms with Crippen LogP contribution in [0, 0.1) is 0 Å². The normalized spacial score (nSPS) is 10.2. The van der Waals surface area contributed by atoms with Gasteiger partial charge in [0.2, 0.25) is 0 Å². The summed E-state index contributed by atoms with van der Waals surface area (Å²) in [5.74, 6) is 0.752. The number of anilines is 2. The van der Waals surface area contributed by atoms with Gasteiger partial charge in [0.05, 0.1) is 17.8 Å². The smallest absolute Gasteiger partial charge is 0.188 e. The number of halogens is 2. The molecule has 1 heterocycles. The molecule has 6 heteroatoms. The maximum Gasteiger partial charge on any atom is 0.188 e. The van der Waals surface area contributed by atoms with Gasteiger partial charge >= 0.3 is 0 Å². The standard InChI is InChI=1S/C10H8BrClN2OS/c1-15-6-2-3-7(12)8(4-6)13-10-14-9(11)5-16-10/h2-5H,1H3,(H,13,14). The minimum absolute atomic E-state index is 0.632. The van der Waals surface area contributed by atoms with E-state index in [2.05, 4.69) is 26.2 Å². The van der Waals surface area contributed by atoms with Gasteiger partial charge in [-0.3, -0.25) is 0 Å². The summed E-state index contributed by atoms with van der Waals surface area (Å²) < 4.78 is 5.93. The van der Waals surface area contributed by atoms with Crippen LogP contribution in [0.2, 0.25) is 5.02 Å². The molecule has 1 aromatic heterocycles. The maximum absolute atomic E-state index is 6.06. The van der Waals surface area contributed by atoms with Gasteiger partial charge in [-0.2, -0.15) is 0 Å². The van der Waals surface area contributed by atoms with Crippen molar-refractivity contribution in [2.45, 2.75) is 0 Å². The van der Waals surface area contributed by atoms with E-state index in [1.807, 2.05) is 17.5 Å². The quantitative estimate of drug-likeness (QED) is 0.915. The van der Waals surface area contributed by atoms with Crippen LogP contribution < -0.4 is 10.1 Å². The van der Waals surface area contributed by atoms with Crippen LogP contribution in [0.15, 0.2) is 28.2 Å². The fourth-order valence-corrected chi connectivity index (χ4v) is 2.48. The number of nitrogens with one attached hydrogen (secondary N) is 1. The number of thiazole rings is 1. The van der Waals surface area contributed by atoms with Crippen molar-refractivity contribution in [1.82, 2.24) is 4.98 Å². The molecule has 16 heavy (non-hydrogen) atoms. The lowest BCUT2D eigenvalue weighted by Gasteiger charge is -2.07. The van der Waals surface area contributed by atoms with Crippen LogP contribution in [0.1, 0.15) is 0 Å². The van der Waals surface area contributed by atoms with Crippen LogP contribution in [0.25, 0.3) is 0 Å². The number of aromatic nitrogens is 1. The Morgan fingerprint density at radius 1 is 1.50 bits per heavy atom. The van der Waals surface area contributed by atoms with Gasteiger partial charge in [0.25, 0.3) is 0 Å². The molecule has 0 spiro atoms. The molecule has 2 rings (SSSR count). The van der Waals surface area contributed by atoms with Gasteiger partial charge < -0.3 is 10.1 Å². The highest BCUT2D eigenvalue weighted by molar-refractivity contribution is 9.10. The molecule has 0 radical (unpaired) electrons. The predicted octanol–water partition coefficient (Wildman–Crippen LogP) is 4.31. The van der Waals surface area contributed by atoms with Gasteiger partial charge in [-0.15, -0.1) is 11.3 Å². The van der Waals surface area contributed by atoms with E-state index in [0.29, 0.717) is 5.02 Å². The Morgan fingerprint density at radius 3 is 2.94 bits per heavy atom. The van der Waals surface area contributed by atoms with Crippen molar-refractivity contribution in [1.29, 1.82) is 0 Å². The van der Waals surface area contributed by atoms with Gasteiger partial charge in [-0.1, -0.05) is 11.6 Å². The van der Waals surface area contributed by atoms with E-state index in [9.17, 15) is 0 Å². The summed E-state index contributed by atoms with van der Waals surface area (Å²) in [6.45, 7) is 0. The van der Waals surface area contributed by atoms with Crippen molar-refractivity contribution in [3.8, 4) is 5.75 Å². The molecule has 0 amide bonds. The van der Waals surface area contributed by atoms with Crippen molar-refractivity contribution < 1.29 is 4.74 Å². The number of nitrogens with zero attached hydrogens (tertiary/aromatic N) is 1. The fourth-order valence-electron chi connectivity index (χ4n) is 1.15. The molecule has 0 aliphatic carbocycles. The highest BCUT2D eigenvalue weighted by atomic mass is 79.9. The minimum Gasteiger partial charge on any atom is -0.497 e. The van der Waals surface area contributed by atoms with Crippen LogP contribution in [-0.4, -0.2) is 12.1 Å². The number of benzene rings is 1. The summed E-state index contributed by atoms with van der Waals surface area (Å²) in [5.41, 5.74) is 0.780. The van der Waals surface area contributed by atoms with E-state index >= 15 is 0 Å². The van der Waals surface area contributed by atoms with E-state index in [0.717, 1.165) is 21.2 Å². The number of rotatable bonds is 3. The number of hydrogen-bond acceptors (Lipinski definition) is 4. The molecule has 0 atom stereocenters. The Morgan fingerprint density at radius 2 is 2.31 bits per heavy atom. The Bertz CT molecular complexity index is 503. The van der Waals surface area contributed by atoms with E-state index in [1.54, 1.807) is 13.2 Å². The average Bonchev–Trinajstić information content (AvgIpc) is 2.67. The second-order valence-electron chi connectivity index (χ2n) is 2.95. The van der Waals surface area contributed by atoms with Crippen LogP contribution >= 0.6 is 38.9 Å². The highest BCUT2D eigenvalue weighted by Crippen LogP contribution is 2.31. The molecule has 0 fully saturated rings. The van der Waals surface area contributed by atoms with Crippen LogP contribution in [-0.2, 0) is 0 Å². The first kappa shape index (κ1) is 11.7. The topological polar surface area (TPSA) is 34.1 Å². The summed E-state index contributed by atoms with van der Waals surface area (Å²) in [4.78, 5) is 4.23. The van der Waals surface area contributed by atoms with Crippen molar-refractivity contribution >= 4 is 49.7 Å². The molecule has 0 saturated heterocycles. The summed E-state index contributed by atoms with van der Waals surface area (Å²) in [7, 11) is 1.62. The zero-order valence-electron chi connectivity index (χ0n) is 8.33. The zero-order chi connectivity index (χ0) is 11.5. The van der Waals surface area contributed by atoms with Crippen molar-refractivity contribution in [2.75, 3.05) is 12.4 Å². The largest absolute Gasteiger partial charge is 0.497 e. The monoisotopic (exact) mass is 318 g/mol. The third-order valence-electron chi connectivity index (χ3n) is 1.89. The number of methoxy groups -OCH3 is 1. The molecule has 1 N–H and O–H groups in total.